The molecule has 0 fully saturated rings. The van der Waals surface area contributed by atoms with Crippen LogP contribution in [0.4, 0.5) is 17.3 Å². The average Bonchev–Trinajstić information content (AvgIpc) is 2.31. The van der Waals surface area contributed by atoms with Crippen LogP contribution >= 0.6 is 15.9 Å². The Morgan fingerprint density at radius 3 is 2.40 bits per heavy atom. The molecule has 0 amide bonds. The normalized spacial score (nSPS) is 11.2. The largest absolute Gasteiger partial charge is 0.365 e. The van der Waals surface area contributed by atoms with Crippen LogP contribution in [0.25, 0.3) is 0 Å². The van der Waals surface area contributed by atoms with Crippen LogP contribution in [-0.4, -0.2) is 15.5 Å². The fourth-order valence-corrected chi connectivity index (χ4v) is 2.33. The van der Waals surface area contributed by atoms with E-state index in [4.69, 9.17) is 0 Å². The molecule has 0 saturated heterocycles. The van der Waals surface area contributed by atoms with E-state index in [1.54, 1.807) is 6.33 Å². The topological polar surface area (TPSA) is 49.8 Å². The highest BCUT2D eigenvalue weighted by Gasteiger charge is 2.11. The Kier molecular flexibility index (Phi) is 4.28. The molecule has 0 aliphatic rings. The molecule has 1 aromatic carbocycles. The summed E-state index contributed by atoms with van der Waals surface area (Å²) in [5.41, 5.74) is 2.16. The van der Waals surface area contributed by atoms with E-state index in [0.717, 1.165) is 21.8 Å². The van der Waals surface area contributed by atoms with Crippen LogP contribution in [0.2, 0.25) is 0 Å². The molecule has 4 nitrogen and oxygen atoms in total. The van der Waals surface area contributed by atoms with Gasteiger partial charge >= 0.3 is 0 Å². The first kappa shape index (κ1) is 14.8. The second kappa shape index (κ2) is 5.79. The van der Waals surface area contributed by atoms with Gasteiger partial charge in [-0.2, -0.15) is 0 Å². The lowest BCUT2D eigenvalue weighted by atomic mass is 10.1. The number of nitrogens with zero attached hydrogens (tertiary/aromatic N) is 2. The van der Waals surface area contributed by atoms with Crippen molar-refractivity contribution in [2.24, 2.45) is 0 Å². The van der Waals surface area contributed by atoms with Crippen molar-refractivity contribution in [1.29, 1.82) is 0 Å². The molecule has 106 valence electrons. The molecule has 20 heavy (non-hydrogen) atoms. The Bertz CT molecular complexity index is 605. The molecule has 2 rings (SSSR count). The van der Waals surface area contributed by atoms with E-state index in [-0.39, 0.29) is 5.54 Å². The highest BCUT2D eigenvalue weighted by molar-refractivity contribution is 9.10. The van der Waals surface area contributed by atoms with Gasteiger partial charge in [0.2, 0.25) is 0 Å². The van der Waals surface area contributed by atoms with Crippen molar-refractivity contribution in [2.75, 3.05) is 10.6 Å². The van der Waals surface area contributed by atoms with Crippen LogP contribution in [0.15, 0.2) is 35.1 Å². The van der Waals surface area contributed by atoms with Crippen molar-refractivity contribution < 1.29 is 0 Å². The Labute approximate surface area is 128 Å². The van der Waals surface area contributed by atoms with Gasteiger partial charge in [-0.15, -0.1) is 0 Å². The van der Waals surface area contributed by atoms with Crippen LogP contribution in [0, 0.1) is 6.92 Å². The Balaban J connectivity index is 2.19. The quantitative estimate of drug-likeness (QED) is 0.867. The van der Waals surface area contributed by atoms with Crippen LogP contribution in [0.1, 0.15) is 26.3 Å². The van der Waals surface area contributed by atoms with Gasteiger partial charge in [0.25, 0.3) is 0 Å². The van der Waals surface area contributed by atoms with Crippen LogP contribution < -0.4 is 10.6 Å². The van der Waals surface area contributed by atoms with Gasteiger partial charge in [0, 0.05) is 16.1 Å². The predicted molar refractivity (Wildman–Crippen MR) is 87.6 cm³/mol. The molecule has 0 bridgehead atoms. The van der Waals surface area contributed by atoms with Crippen molar-refractivity contribution in [3.63, 3.8) is 0 Å². The zero-order chi connectivity index (χ0) is 14.8. The van der Waals surface area contributed by atoms with Crippen molar-refractivity contribution >= 4 is 33.3 Å². The molecule has 0 unspecified atom stereocenters. The number of nitrogens with one attached hydrogen (secondary N) is 2. The maximum Gasteiger partial charge on any atom is 0.135 e. The van der Waals surface area contributed by atoms with Crippen LogP contribution in [0.3, 0.4) is 0 Å². The van der Waals surface area contributed by atoms with Gasteiger partial charge in [-0.3, -0.25) is 0 Å². The van der Waals surface area contributed by atoms with Crippen molar-refractivity contribution in [2.45, 2.75) is 33.2 Å². The fraction of sp³-hybridized carbons (Fsp3) is 0.333. The standard InChI is InChI=1S/C15H19BrN4/c1-10-5-6-12(11(16)7-10)19-13-8-14(18-9-17-13)20-15(2,3)4/h5-9H,1-4H3,(H2,17,18,19,20). The number of halogens is 1. The lowest BCUT2D eigenvalue weighted by Crippen LogP contribution is -2.26. The van der Waals surface area contributed by atoms with Gasteiger partial charge in [0.1, 0.15) is 18.0 Å². The minimum Gasteiger partial charge on any atom is -0.365 e. The fourth-order valence-electron chi connectivity index (χ4n) is 1.74. The number of hydrogen-bond donors (Lipinski definition) is 2. The molecule has 1 aromatic heterocycles. The molecular weight excluding hydrogens is 316 g/mol. The zero-order valence-electron chi connectivity index (χ0n) is 12.2. The first-order chi connectivity index (χ1) is 9.33. The highest BCUT2D eigenvalue weighted by Crippen LogP contribution is 2.26. The van der Waals surface area contributed by atoms with Gasteiger partial charge in [-0.1, -0.05) is 6.07 Å². The first-order valence-corrected chi connectivity index (χ1v) is 7.26. The van der Waals surface area contributed by atoms with Gasteiger partial charge in [0.05, 0.1) is 5.69 Å². The summed E-state index contributed by atoms with van der Waals surface area (Å²) in [6.45, 7) is 8.35. The molecule has 0 aliphatic heterocycles. The zero-order valence-corrected chi connectivity index (χ0v) is 13.7. The summed E-state index contributed by atoms with van der Waals surface area (Å²) in [6.07, 6.45) is 1.55. The molecule has 5 heteroatoms. The molecule has 0 atom stereocenters. The molecule has 2 N–H and O–H groups in total. The van der Waals surface area contributed by atoms with Gasteiger partial charge < -0.3 is 10.6 Å². The van der Waals surface area contributed by atoms with E-state index >= 15 is 0 Å². The monoisotopic (exact) mass is 334 g/mol. The van der Waals surface area contributed by atoms with Crippen LogP contribution in [-0.2, 0) is 0 Å². The number of aromatic nitrogens is 2. The minimum absolute atomic E-state index is 0.0317. The molecule has 0 radical (unpaired) electrons. The van der Waals surface area contributed by atoms with E-state index < -0.39 is 0 Å². The Morgan fingerprint density at radius 1 is 1.05 bits per heavy atom. The third-order valence-corrected chi connectivity index (χ3v) is 3.21. The number of benzene rings is 1. The van der Waals surface area contributed by atoms with Crippen LogP contribution in [0.5, 0.6) is 0 Å². The molecule has 0 saturated carbocycles. The summed E-state index contributed by atoms with van der Waals surface area (Å²) in [5, 5.41) is 6.62. The number of aryl methyl sites for hydroxylation is 1. The molecule has 0 aliphatic carbocycles. The summed E-state index contributed by atoms with van der Waals surface area (Å²) < 4.78 is 1.02. The van der Waals surface area contributed by atoms with E-state index in [9.17, 15) is 0 Å². The van der Waals surface area contributed by atoms with Crippen molar-refractivity contribution in [3.05, 3.63) is 40.6 Å². The summed E-state index contributed by atoms with van der Waals surface area (Å²) in [5.74, 6) is 1.56. The SMILES string of the molecule is Cc1ccc(Nc2cc(NC(C)(C)C)ncn2)c(Br)c1. The number of rotatable bonds is 3. The predicted octanol–water partition coefficient (Wildman–Crippen LogP) is 4.50. The number of anilines is 3. The third-order valence-electron chi connectivity index (χ3n) is 2.56. The third kappa shape index (κ3) is 4.20. The maximum absolute atomic E-state index is 4.25. The van der Waals surface area contributed by atoms with Crippen molar-refractivity contribution in [1.82, 2.24) is 9.97 Å². The van der Waals surface area contributed by atoms with E-state index in [0.29, 0.717) is 0 Å². The second-order valence-electron chi connectivity index (χ2n) is 5.77. The molecule has 2 aromatic rings. The van der Waals surface area contributed by atoms with Gasteiger partial charge in [-0.05, 0) is 61.3 Å². The highest BCUT2D eigenvalue weighted by atomic mass is 79.9. The molecule has 1 heterocycles. The van der Waals surface area contributed by atoms with Gasteiger partial charge in [0.15, 0.2) is 0 Å². The first-order valence-electron chi connectivity index (χ1n) is 6.47. The minimum atomic E-state index is -0.0317. The molecular formula is C15H19BrN4. The summed E-state index contributed by atoms with van der Waals surface area (Å²) in [6, 6.07) is 8.05. The van der Waals surface area contributed by atoms with E-state index in [1.165, 1.54) is 5.56 Å². The average molecular weight is 335 g/mol. The Hall–Kier alpha value is -1.62. The molecule has 0 spiro atoms. The Morgan fingerprint density at radius 2 is 1.75 bits per heavy atom. The van der Waals surface area contributed by atoms with E-state index in [1.807, 2.05) is 12.1 Å². The van der Waals surface area contributed by atoms with Crippen molar-refractivity contribution in [3.8, 4) is 0 Å². The smallest absolute Gasteiger partial charge is 0.135 e. The maximum atomic E-state index is 4.25. The lowest BCUT2D eigenvalue weighted by Gasteiger charge is -2.21. The second-order valence-corrected chi connectivity index (χ2v) is 6.63. The van der Waals surface area contributed by atoms with E-state index in [2.05, 4.69) is 76.4 Å². The summed E-state index contributed by atoms with van der Waals surface area (Å²) in [4.78, 5) is 8.47. The summed E-state index contributed by atoms with van der Waals surface area (Å²) >= 11 is 3.55. The number of hydrogen-bond acceptors (Lipinski definition) is 4. The summed E-state index contributed by atoms with van der Waals surface area (Å²) in [7, 11) is 0. The lowest BCUT2D eigenvalue weighted by molar-refractivity contribution is 0.630. The van der Waals surface area contributed by atoms with Gasteiger partial charge in [-0.25, -0.2) is 9.97 Å².